The normalized spacial score (nSPS) is 10.5. The van der Waals surface area contributed by atoms with Crippen molar-refractivity contribution in [2.45, 2.75) is 13.0 Å². The lowest BCUT2D eigenvalue weighted by Crippen LogP contribution is -2.31. The van der Waals surface area contributed by atoms with E-state index < -0.39 is 5.97 Å². The summed E-state index contributed by atoms with van der Waals surface area (Å²) in [4.78, 5) is 25.9. The van der Waals surface area contributed by atoms with Gasteiger partial charge in [0.15, 0.2) is 6.61 Å². The third kappa shape index (κ3) is 5.50. The van der Waals surface area contributed by atoms with E-state index in [-0.39, 0.29) is 18.9 Å². The fourth-order valence-corrected chi connectivity index (χ4v) is 3.07. The molecule has 156 valence electrons. The molecular formula is C24H25NO5. The summed E-state index contributed by atoms with van der Waals surface area (Å²) in [5.41, 5.74) is 1.79. The van der Waals surface area contributed by atoms with Crippen LogP contribution in [0.4, 0.5) is 0 Å². The third-order valence-corrected chi connectivity index (χ3v) is 4.82. The average Bonchev–Trinajstić information content (AvgIpc) is 2.77. The van der Waals surface area contributed by atoms with Gasteiger partial charge in [0.05, 0.1) is 20.6 Å². The molecular weight excluding hydrogens is 382 g/mol. The molecule has 1 amide bonds. The number of carbonyl (C=O) groups excluding carboxylic acids is 2. The molecule has 0 aliphatic carbocycles. The number of hydrogen-bond donors (Lipinski definition) is 0. The number of methoxy groups -OCH3 is 2. The molecule has 6 heteroatoms. The highest BCUT2D eigenvalue weighted by Crippen LogP contribution is 2.22. The Morgan fingerprint density at radius 3 is 2.10 bits per heavy atom. The Kier molecular flexibility index (Phi) is 6.91. The van der Waals surface area contributed by atoms with Gasteiger partial charge < -0.3 is 19.1 Å². The number of amides is 1. The number of hydrogen-bond acceptors (Lipinski definition) is 5. The Morgan fingerprint density at radius 1 is 0.800 bits per heavy atom. The largest absolute Gasteiger partial charge is 0.497 e. The molecule has 0 saturated heterocycles. The lowest BCUT2D eigenvalue weighted by molar-refractivity contribution is -0.151. The molecule has 0 aliphatic heterocycles. The first-order chi connectivity index (χ1) is 14.5. The van der Waals surface area contributed by atoms with E-state index >= 15 is 0 Å². The van der Waals surface area contributed by atoms with E-state index in [4.69, 9.17) is 14.2 Å². The van der Waals surface area contributed by atoms with Gasteiger partial charge in [-0.25, -0.2) is 0 Å². The van der Waals surface area contributed by atoms with Gasteiger partial charge in [-0.15, -0.1) is 0 Å². The van der Waals surface area contributed by atoms with E-state index in [9.17, 15) is 9.59 Å². The molecule has 0 aromatic heterocycles. The second kappa shape index (κ2) is 9.78. The van der Waals surface area contributed by atoms with Crippen LogP contribution in [-0.2, 0) is 27.3 Å². The number of likely N-dealkylation sites (N-methyl/N-ethyl adjacent to an activating group) is 1. The summed E-state index contributed by atoms with van der Waals surface area (Å²) in [5.74, 6) is 0.824. The van der Waals surface area contributed by atoms with Crippen LogP contribution in [0, 0.1) is 0 Å². The summed E-state index contributed by atoms with van der Waals surface area (Å²) in [6.07, 6.45) is 0.106. The Morgan fingerprint density at radius 2 is 1.40 bits per heavy atom. The third-order valence-electron chi connectivity index (χ3n) is 4.82. The van der Waals surface area contributed by atoms with Gasteiger partial charge in [-0.2, -0.15) is 0 Å². The van der Waals surface area contributed by atoms with Gasteiger partial charge in [-0.1, -0.05) is 30.3 Å². The maximum absolute atomic E-state index is 12.4. The SMILES string of the molecule is COc1ccc(CC(=O)OCC(=O)N(C)Cc2ccc3cc(OC)ccc3c2)cc1. The van der Waals surface area contributed by atoms with Crippen LogP contribution in [0.25, 0.3) is 10.8 Å². The maximum Gasteiger partial charge on any atom is 0.310 e. The number of fused-ring (bicyclic) bond motifs is 1. The summed E-state index contributed by atoms with van der Waals surface area (Å²) < 4.78 is 15.5. The smallest absolute Gasteiger partial charge is 0.310 e. The van der Waals surface area contributed by atoms with Gasteiger partial charge in [-0.05, 0) is 52.2 Å². The minimum atomic E-state index is -0.443. The minimum Gasteiger partial charge on any atom is -0.497 e. The van der Waals surface area contributed by atoms with E-state index in [1.54, 1.807) is 50.4 Å². The fourth-order valence-electron chi connectivity index (χ4n) is 3.07. The molecule has 0 aliphatic rings. The van der Waals surface area contributed by atoms with Gasteiger partial charge in [0.1, 0.15) is 11.5 Å². The molecule has 6 nitrogen and oxygen atoms in total. The second-order valence-electron chi connectivity index (χ2n) is 6.98. The first-order valence-corrected chi connectivity index (χ1v) is 9.57. The van der Waals surface area contributed by atoms with Crippen molar-refractivity contribution in [1.29, 1.82) is 0 Å². The first kappa shape index (κ1) is 21.2. The van der Waals surface area contributed by atoms with Crippen LogP contribution in [0.2, 0.25) is 0 Å². The van der Waals surface area contributed by atoms with Crippen LogP contribution < -0.4 is 9.47 Å². The summed E-state index contributed by atoms with van der Waals surface area (Å²) in [6.45, 7) is 0.146. The van der Waals surface area contributed by atoms with Crippen molar-refractivity contribution in [3.05, 3.63) is 71.8 Å². The molecule has 3 aromatic carbocycles. The van der Waals surface area contributed by atoms with Crippen LogP contribution in [0.3, 0.4) is 0 Å². The zero-order valence-electron chi connectivity index (χ0n) is 17.4. The number of nitrogens with zero attached hydrogens (tertiary/aromatic N) is 1. The molecule has 0 radical (unpaired) electrons. The lowest BCUT2D eigenvalue weighted by Gasteiger charge is -2.17. The predicted octanol–water partition coefficient (Wildman–Crippen LogP) is 3.60. The Hall–Kier alpha value is -3.54. The predicted molar refractivity (Wildman–Crippen MR) is 115 cm³/mol. The molecule has 0 atom stereocenters. The quantitative estimate of drug-likeness (QED) is 0.534. The number of carbonyl (C=O) groups is 2. The van der Waals surface area contributed by atoms with E-state index in [1.807, 2.05) is 36.4 Å². The average molecular weight is 407 g/mol. The number of benzene rings is 3. The zero-order valence-corrected chi connectivity index (χ0v) is 17.4. The van der Waals surface area contributed by atoms with Crippen molar-refractivity contribution in [2.24, 2.45) is 0 Å². The van der Waals surface area contributed by atoms with Crippen molar-refractivity contribution >= 4 is 22.6 Å². The summed E-state index contributed by atoms with van der Waals surface area (Å²) >= 11 is 0. The molecule has 0 saturated carbocycles. The van der Waals surface area contributed by atoms with E-state index in [1.165, 1.54) is 0 Å². The first-order valence-electron chi connectivity index (χ1n) is 9.57. The standard InChI is InChI=1S/C24H25NO5/c1-25(15-18-4-7-20-14-22(29-3)11-8-19(20)12-18)23(26)16-30-24(27)13-17-5-9-21(28-2)10-6-17/h4-12,14H,13,15-16H2,1-3H3. The number of rotatable bonds is 8. The van der Waals surface area contributed by atoms with Gasteiger partial charge in [0.2, 0.25) is 0 Å². The van der Waals surface area contributed by atoms with Gasteiger partial charge in [0, 0.05) is 13.6 Å². The topological polar surface area (TPSA) is 65.1 Å². The molecule has 0 heterocycles. The van der Waals surface area contributed by atoms with Crippen molar-refractivity contribution in [3.63, 3.8) is 0 Å². The van der Waals surface area contributed by atoms with Crippen LogP contribution in [-0.4, -0.2) is 44.7 Å². The number of ether oxygens (including phenoxy) is 3. The minimum absolute atomic E-state index is 0.106. The molecule has 0 unspecified atom stereocenters. The van der Waals surface area contributed by atoms with Crippen LogP contribution in [0.5, 0.6) is 11.5 Å². The Labute approximate surface area is 176 Å². The van der Waals surface area contributed by atoms with Crippen LogP contribution in [0.15, 0.2) is 60.7 Å². The van der Waals surface area contributed by atoms with E-state index in [2.05, 4.69) is 0 Å². The van der Waals surface area contributed by atoms with Crippen LogP contribution >= 0.6 is 0 Å². The monoisotopic (exact) mass is 407 g/mol. The summed E-state index contributed by atoms with van der Waals surface area (Å²) in [7, 11) is 4.91. The molecule has 0 spiro atoms. The van der Waals surface area contributed by atoms with E-state index in [0.29, 0.717) is 6.54 Å². The summed E-state index contributed by atoms with van der Waals surface area (Å²) in [5, 5.41) is 2.14. The maximum atomic E-state index is 12.4. The number of esters is 1. The second-order valence-corrected chi connectivity index (χ2v) is 6.98. The van der Waals surface area contributed by atoms with E-state index in [0.717, 1.165) is 33.4 Å². The van der Waals surface area contributed by atoms with Crippen molar-refractivity contribution in [1.82, 2.24) is 4.90 Å². The molecule has 3 aromatic rings. The van der Waals surface area contributed by atoms with Crippen molar-refractivity contribution in [2.75, 3.05) is 27.9 Å². The molecule has 0 N–H and O–H groups in total. The van der Waals surface area contributed by atoms with Crippen LogP contribution in [0.1, 0.15) is 11.1 Å². The van der Waals surface area contributed by atoms with Gasteiger partial charge in [0.25, 0.3) is 5.91 Å². The molecule has 3 rings (SSSR count). The van der Waals surface area contributed by atoms with Gasteiger partial charge in [-0.3, -0.25) is 9.59 Å². The fraction of sp³-hybridized carbons (Fsp3) is 0.250. The van der Waals surface area contributed by atoms with Gasteiger partial charge >= 0.3 is 5.97 Å². The highest BCUT2D eigenvalue weighted by Gasteiger charge is 2.13. The molecule has 0 fully saturated rings. The Bertz CT molecular complexity index is 1030. The zero-order chi connectivity index (χ0) is 21.5. The molecule has 0 bridgehead atoms. The highest BCUT2D eigenvalue weighted by molar-refractivity contribution is 5.85. The summed E-state index contributed by atoms with van der Waals surface area (Å²) in [6, 6.07) is 19.0. The Balaban J connectivity index is 1.51. The lowest BCUT2D eigenvalue weighted by atomic mass is 10.1. The van der Waals surface area contributed by atoms with Crippen molar-refractivity contribution < 1.29 is 23.8 Å². The van der Waals surface area contributed by atoms with Crippen molar-refractivity contribution in [3.8, 4) is 11.5 Å². The molecule has 30 heavy (non-hydrogen) atoms. The highest BCUT2D eigenvalue weighted by atomic mass is 16.5.